The molecule has 0 saturated heterocycles. The highest BCUT2D eigenvalue weighted by Crippen LogP contribution is 2.26. The van der Waals surface area contributed by atoms with E-state index in [0.29, 0.717) is 0 Å². The molecule has 1 aromatic heterocycles. The van der Waals surface area contributed by atoms with Crippen molar-refractivity contribution in [2.75, 3.05) is 24.2 Å². The second kappa shape index (κ2) is 4.54. The molecule has 0 unspecified atom stereocenters. The van der Waals surface area contributed by atoms with Gasteiger partial charge in [-0.05, 0) is 19.9 Å². The predicted octanol–water partition coefficient (Wildman–Crippen LogP) is 0.779. The second-order valence-corrected chi connectivity index (χ2v) is 4.50. The predicted molar refractivity (Wildman–Crippen MR) is 64.9 cm³/mol. The van der Waals surface area contributed by atoms with Crippen molar-refractivity contribution in [3.63, 3.8) is 0 Å². The largest absolute Gasteiger partial charge is 0.389 e. The molecule has 0 aliphatic carbocycles. The lowest BCUT2D eigenvalue weighted by molar-refractivity contribution is -0.384. The van der Waals surface area contributed by atoms with Crippen molar-refractivity contribution in [1.82, 2.24) is 4.98 Å². The number of nitrogens with zero attached hydrogens (tertiary/aromatic N) is 3. The van der Waals surface area contributed by atoms with E-state index in [9.17, 15) is 15.2 Å². The molecule has 94 valence electrons. The molecule has 0 spiro atoms. The van der Waals surface area contributed by atoms with E-state index in [1.807, 2.05) is 0 Å². The summed E-state index contributed by atoms with van der Waals surface area (Å²) in [5.74, 6) is 0.352. The molecule has 0 bridgehead atoms. The molecule has 1 rings (SSSR count). The Bertz CT molecular complexity index is 428. The molecule has 1 heterocycles. The summed E-state index contributed by atoms with van der Waals surface area (Å²) in [6.45, 7) is 3.44. The third kappa shape index (κ3) is 3.56. The van der Waals surface area contributed by atoms with Gasteiger partial charge in [-0.3, -0.25) is 10.1 Å². The molecular weight excluding hydrogens is 224 g/mol. The Labute approximate surface area is 99.0 Å². The number of nitrogen functional groups attached to an aromatic ring is 1. The average molecular weight is 240 g/mol. The van der Waals surface area contributed by atoms with E-state index in [-0.39, 0.29) is 23.9 Å². The summed E-state index contributed by atoms with van der Waals surface area (Å²) >= 11 is 0. The number of hydrogen-bond donors (Lipinski definition) is 2. The normalized spacial score (nSPS) is 11.3. The van der Waals surface area contributed by atoms with Crippen LogP contribution in [-0.2, 0) is 0 Å². The molecule has 0 amide bonds. The number of rotatable bonds is 4. The van der Waals surface area contributed by atoms with Crippen molar-refractivity contribution >= 4 is 17.3 Å². The Morgan fingerprint density at radius 2 is 2.18 bits per heavy atom. The van der Waals surface area contributed by atoms with Crippen LogP contribution in [0.3, 0.4) is 0 Å². The summed E-state index contributed by atoms with van der Waals surface area (Å²) in [6.07, 6.45) is 0. The number of aliphatic hydroxyl groups is 1. The first-order chi connectivity index (χ1) is 7.70. The number of hydrogen-bond acceptors (Lipinski definition) is 6. The van der Waals surface area contributed by atoms with Gasteiger partial charge in [0.1, 0.15) is 5.82 Å². The van der Waals surface area contributed by atoms with Crippen LogP contribution in [0.15, 0.2) is 12.1 Å². The van der Waals surface area contributed by atoms with Gasteiger partial charge in [-0.25, -0.2) is 4.98 Å². The molecule has 0 radical (unpaired) electrons. The fourth-order valence-electron chi connectivity index (χ4n) is 1.53. The van der Waals surface area contributed by atoms with Crippen molar-refractivity contribution in [3.05, 3.63) is 22.2 Å². The van der Waals surface area contributed by atoms with Gasteiger partial charge < -0.3 is 15.7 Å². The third-order valence-electron chi connectivity index (χ3n) is 2.06. The first kappa shape index (κ1) is 13.2. The zero-order chi connectivity index (χ0) is 13.2. The Morgan fingerprint density at radius 1 is 1.59 bits per heavy atom. The highest BCUT2D eigenvalue weighted by atomic mass is 16.6. The Morgan fingerprint density at radius 3 is 2.65 bits per heavy atom. The molecule has 0 fully saturated rings. The lowest BCUT2D eigenvalue weighted by atomic mass is 10.1. The quantitative estimate of drug-likeness (QED) is 0.595. The van der Waals surface area contributed by atoms with Gasteiger partial charge in [0.25, 0.3) is 0 Å². The van der Waals surface area contributed by atoms with Crippen molar-refractivity contribution < 1.29 is 10.0 Å². The fourth-order valence-corrected chi connectivity index (χ4v) is 1.53. The first-order valence-electron chi connectivity index (χ1n) is 5.05. The fraction of sp³-hybridized carbons (Fsp3) is 0.500. The molecule has 0 aliphatic heterocycles. The van der Waals surface area contributed by atoms with Crippen LogP contribution in [0.4, 0.5) is 17.3 Å². The van der Waals surface area contributed by atoms with Gasteiger partial charge in [0, 0.05) is 19.7 Å². The molecule has 0 aliphatic rings. The van der Waals surface area contributed by atoms with Crippen LogP contribution in [0.1, 0.15) is 13.8 Å². The summed E-state index contributed by atoms with van der Waals surface area (Å²) in [6, 6.07) is 2.68. The van der Waals surface area contributed by atoms with Gasteiger partial charge >= 0.3 is 5.69 Å². The Kier molecular flexibility index (Phi) is 3.52. The molecular formula is C10H16N4O3. The van der Waals surface area contributed by atoms with E-state index >= 15 is 0 Å². The topological polar surface area (TPSA) is 106 Å². The van der Waals surface area contributed by atoms with Crippen LogP contribution in [0.2, 0.25) is 0 Å². The monoisotopic (exact) mass is 240 g/mol. The van der Waals surface area contributed by atoms with Crippen LogP contribution in [0.25, 0.3) is 0 Å². The maximum Gasteiger partial charge on any atom is 0.311 e. The summed E-state index contributed by atoms with van der Waals surface area (Å²) in [7, 11) is 1.62. The number of likely N-dealkylation sites (N-methyl/N-ethyl adjacent to an activating group) is 1. The average Bonchev–Trinajstić information content (AvgIpc) is 2.14. The standard InChI is InChI=1S/C10H16N4O3/c1-10(2,15)6-13(3)9-7(14(16)17)4-5-8(11)12-9/h4-5,15H,6H2,1-3H3,(H2,11,12). The van der Waals surface area contributed by atoms with Crippen molar-refractivity contribution in [3.8, 4) is 0 Å². The zero-order valence-corrected chi connectivity index (χ0v) is 10.0. The highest BCUT2D eigenvalue weighted by molar-refractivity contribution is 5.60. The van der Waals surface area contributed by atoms with Crippen LogP contribution in [0, 0.1) is 10.1 Å². The molecule has 0 atom stereocenters. The molecule has 1 aromatic rings. The Hall–Kier alpha value is -1.89. The van der Waals surface area contributed by atoms with Gasteiger partial charge in [0.15, 0.2) is 0 Å². The number of nitrogens with two attached hydrogens (primary N) is 1. The number of anilines is 2. The van der Waals surface area contributed by atoms with Crippen LogP contribution in [0.5, 0.6) is 0 Å². The van der Waals surface area contributed by atoms with Crippen LogP contribution in [-0.4, -0.2) is 34.2 Å². The second-order valence-electron chi connectivity index (χ2n) is 4.50. The zero-order valence-electron chi connectivity index (χ0n) is 10.0. The van der Waals surface area contributed by atoms with Gasteiger partial charge in [-0.2, -0.15) is 0 Å². The van der Waals surface area contributed by atoms with Crippen LogP contribution >= 0.6 is 0 Å². The minimum absolute atomic E-state index is 0.133. The van der Waals surface area contributed by atoms with Crippen molar-refractivity contribution in [1.29, 1.82) is 0 Å². The van der Waals surface area contributed by atoms with Gasteiger partial charge in [0.2, 0.25) is 5.82 Å². The van der Waals surface area contributed by atoms with E-state index in [0.717, 1.165) is 0 Å². The summed E-state index contributed by atoms with van der Waals surface area (Å²) in [5, 5.41) is 20.5. The molecule has 7 nitrogen and oxygen atoms in total. The smallest absolute Gasteiger partial charge is 0.311 e. The van der Waals surface area contributed by atoms with Crippen molar-refractivity contribution in [2.24, 2.45) is 0 Å². The highest BCUT2D eigenvalue weighted by Gasteiger charge is 2.23. The SMILES string of the molecule is CN(CC(C)(C)O)c1nc(N)ccc1[N+](=O)[O-]. The summed E-state index contributed by atoms with van der Waals surface area (Å²) in [5.41, 5.74) is 4.40. The Balaban J connectivity index is 3.10. The van der Waals surface area contributed by atoms with E-state index in [1.54, 1.807) is 20.9 Å². The van der Waals surface area contributed by atoms with E-state index < -0.39 is 10.5 Å². The minimum Gasteiger partial charge on any atom is -0.389 e. The molecule has 0 saturated carbocycles. The number of aromatic nitrogens is 1. The summed E-state index contributed by atoms with van der Waals surface area (Å²) in [4.78, 5) is 15.8. The molecule has 17 heavy (non-hydrogen) atoms. The van der Waals surface area contributed by atoms with Crippen molar-refractivity contribution in [2.45, 2.75) is 19.4 Å². The minimum atomic E-state index is -0.977. The molecule has 3 N–H and O–H groups in total. The lowest BCUT2D eigenvalue weighted by Crippen LogP contribution is -2.37. The van der Waals surface area contributed by atoms with E-state index in [2.05, 4.69) is 4.98 Å². The third-order valence-corrected chi connectivity index (χ3v) is 2.06. The molecule has 0 aromatic carbocycles. The lowest BCUT2D eigenvalue weighted by Gasteiger charge is -2.26. The first-order valence-corrected chi connectivity index (χ1v) is 5.05. The van der Waals surface area contributed by atoms with Crippen LogP contribution < -0.4 is 10.6 Å². The number of nitro groups is 1. The van der Waals surface area contributed by atoms with Gasteiger partial charge in [-0.15, -0.1) is 0 Å². The maximum atomic E-state index is 10.8. The van der Waals surface area contributed by atoms with E-state index in [4.69, 9.17) is 5.73 Å². The maximum absolute atomic E-state index is 10.8. The summed E-state index contributed by atoms with van der Waals surface area (Å²) < 4.78 is 0. The number of pyridine rings is 1. The van der Waals surface area contributed by atoms with Gasteiger partial charge in [-0.1, -0.05) is 0 Å². The van der Waals surface area contributed by atoms with E-state index in [1.165, 1.54) is 17.0 Å². The molecule has 7 heteroatoms. The van der Waals surface area contributed by atoms with Gasteiger partial charge in [0.05, 0.1) is 10.5 Å².